The van der Waals surface area contributed by atoms with Crippen LogP contribution in [0.15, 0.2) is 60.7 Å². The minimum Gasteiger partial charge on any atom is -0.355 e. The average molecular weight is 399 g/mol. The molecule has 2 unspecified atom stereocenters. The van der Waals surface area contributed by atoms with Gasteiger partial charge in [0.1, 0.15) is 0 Å². The lowest BCUT2D eigenvalue weighted by atomic mass is 9.65. The molecule has 1 amide bonds. The third-order valence-electron chi connectivity index (χ3n) is 6.67. The molecule has 2 aliphatic rings. The molecule has 2 aromatic rings. The van der Waals surface area contributed by atoms with Gasteiger partial charge in [-0.25, -0.2) is 0 Å². The second-order valence-corrected chi connectivity index (χ2v) is 8.32. The van der Waals surface area contributed by atoms with E-state index in [0.717, 1.165) is 12.8 Å². The van der Waals surface area contributed by atoms with Gasteiger partial charge in [0.05, 0.1) is 0 Å². The van der Waals surface area contributed by atoms with E-state index < -0.39 is 0 Å². The summed E-state index contributed by atoms with van der Waals surface area (Å²) in [6.07, 6.45) is 5.59. The van der Waals surface area contributed by atoms with Gasteiger partial charge in [0, 0.05) is 24.4 Å². The highest BCUT2D eigenvalue weighted by Crippen LogP contribution is 2.42. The molecule has 0 aromatic heterocycles. The second-order valence-electron chi connectivity index (χ2n) is 8.32. The van der Waals surface area contributed by atoms with Gasteiger partial charge < -0.3 is 11.1 Å². The summed E-state index contributed by atoms with van der Waals surface area (Å²) in [5, 5.41) is 3.27. The summed E-state index contributed by atoms with van der Waals surface area (Å²) < 4.78 is 0. The van der Waals surface area contributed by atoms with Crippen LogP contribution in [0, 0.1) is 17.8 Å². The molecule has 2 aromatic carbocycles. The van der Waals surface area contributed by atoms with Crippen molar-refractivity contribution < 1.29 is 4.79 Å². The number of carbonyl (C=O) groups excluding carboxylic acids is 1. The van der Waals surface area contributed by atoms with Crippen molar-refractivity contribution >= 4 is 18.3 Å². The molecular weight excluding hydrogens is 368 g/mol. The number of fused-ring (bicyclic) bond motifs is 2. The topological polar surface area (TPSA) is 55.1 Å². The first kappa shape index (κ1) is 20.9. The Morgan fingerprint density at radius 2 is 1.43 bits per heavy atom. The number of hydrogen-bond acceptors (Lipinski definition) is 2. The van der Waals surface area contributed by atoms with Crippen molar-refractivity contribution in [3.8, 4) is 0 Å². The first-order chi connectivity index (χ1) is 13.2. The fourth-order valence-corrected chi connectivity index (χ4v) is 5.15. The minimum absolute atomic E-state index is 0. The number of halogens is 1. The van der Waals surface area contributed by atoms with Crippen molar-refractivity contribution in [1.82, 2.24) is 5.32 Å². The highest BCUT2D eigenvalue weighted by molar-refractivity contribution is 5.85. The zero-order chi connectivity index (χ0) is 18.6. The number of rotatable bonds is 5. The lowest BCUT2D eigenvalue weighted by molar-refractivity contribution is -0.127. The fourth-order valence-electron chi connectivity index (χ4n) is 5.15. The maximum Gasteiger partial charge on any atom is 0.223 e. The zero-order valence-corrected chi connectivity index (χ0v) is 17.1. The SMILES string of the molecule is Cl.NC1C2CCCC1CC(C(=O)NCC(c1ccccc1)c1ccccc1)C2. The number of hydrogen-bond donors (Lipinski definition) is 2. The highest BCUT2D eigenvalue weighted by atomic mass is 35.5. The van der Waals surface area contributed by atoms with Gasteiger partial charge in [-0.3, -0.25) is 4.79 Å². The molecule has 2 aliphatic carbocycles. The van der Waals surface area contributed by atoms with Crippen LogP contribution < -0.4 is 11.1 Å². The van der Waals surface area contributed by atoms with Gasteiger partial charge in [-0.15, -0.1) is 12.4 Å². The quantitative estimate of drug-likeness (QED) is 0.778. The summed E-state index contributed by atoms with van der Waals surface area (Å²) in [5.41, 5.74) is 8.87. The minimum atomic E-state index is 0. The molecule has 0 spiro atoms. The van der Waals surface area contributed by atoms with E-state index in [0.29, 0.717) is 24.4 Å². The van der Waals surface area contributed by atoms with Gasteiger partial charge in [0.2, 0.25) is 5.91 Å². The van der Waals surface area contributed by atoms with Crippen molar-refractivity contribution in [2.45, 2.75) is 44.1 Å². The number of benzene rings is 2. The monoisotopic (exact) mass is 398 g/mol. The number of nitrogens with two attached hydrogens (primary N) is 1. The number of carbonyl (C=O) groups is 1. The Kier molecular flexibility index (Phi) is 7.14. The summed E-state index contributed by atoms with van der Waals surface area (Å²) in [4.78, 5) is 13.0. The van der Waals surface area contributed by atoms with Crippen molar-refractivity contribution in [3.05, 3.63) is 71.8 Å². The zero-order valence-electron chi connectivity index (χ0n) is 16.3. The Morgan fingerprint density at radius 3 is 1.93 bits per heavy atom. The predicted molar refractivity (Wildman–Crippen MR) is 117 cm³/mol. The third kappa shape index (κ3) is 4.59. The van der Waals surface area contributed by atoms with Gasteiger partial charge in [-0.05, 0) is 48.6 Å². The van der Waals surface area contributed by atoms with Crippen LogP contribution in [0.2, 0.25) is 0 Å². The number of amides is 1. The van der Waals surface area contributed by atoms with Crippen LogP contribution in [0.1, 0.15) is 49.1 Å². The van der Waals surface area contributed by atoms with Crippen LogP contribution in [0.25, 0.3) is 0 Å². The smallest absolute Gasteiger partial charge is 0.223 e. The Morgan fingerprint density at radius 1 is 0.929 bits per heavy atom. The molecular formula is C24H31ClN2O. The van der Waals surface area contributed by atoms with Crippen LogP contribution in [-0.4, -0.2) is 18.5 Å². The van der Waals surface area contributed by atoms with E-state index in [4.69, 9.17) is 5.73 Å². The molecule has 4 heteroatoms. The van der Waals surface area contributed by atoms with Crippen molar-refractivity contribution in [2.24, 2.45) is 23.5 Å². The summed E-state index contributed by atoms with van der Waals surface area (Å²) in [6, 6.07) is 21.2. The van der Waals surface area contributed by atoms with Crippen LogP contribution in [-0.2, 0) is 4.79 Å². The Labute approximate surface area is 174 Å². The van der Waals surface area contributed by atoms with E-state index in [2.05, 4.69) is 53.8 Å². The van der Waals surface area contributed by atoms with E-state index in [9.17, 15) is 4.79 Å². The van der Waals surface area contributed by atoms with Gasteiger partial charge in [0.25, 0.3) is 0 Å². The van der Waals surface area contributed by atoms with E-state index in [1.54, 1.807) is 0 Å². The normalized spacial score (nSPS) is 26.4. The molecule has 2 bridgehead atoms. The van der Waals surface area contributed by atoms with E-state index in [-0.39, 0.29) is 30.2 Å². The van der Waals surface area contributed by atoms with Crippen molar-refractivity contribution in [3.63, 3.8) is 0 Å². The molecule has 0 heterocycles. The summed E-state index contributed by atoms with van der Waals surface area (Å²) >= 11 is 0. The largest absolute Gasteiger partial charge is 0.355 e. The van der Waals surface area contributed by atoms with Crippen LogP contribution >= 0.6 is 12.4 Å². The molecule has 2 fully saturated rings. The highest BCUT2D eigenvalue weighted by Gasteiger charge is 2.40. The fraction of sp³-hybridized carbons (Fsp3) is 0.458. The molecule has 0 saturated heterocycles. The van der Waals surface area contributed by atoms with Gasteiger partial charge in [0.15, 0.2) is 0 Å². The van der Waals surface area contributed by atoms with Gasteiger partial charge in [-0.2, -0.15) is 0 Å². The van der Waals surface area contributed by atoms with Crippen molar-refractivity contribution in [2.75, 3.05) is 6.54 Å². The van der Waals surface area contributed by atoms with Crippen LogP contribution in [0.5, 0.6) is 0 Å². The maximum atomic E-state index is 13.0. The Bertz CT molecular complexity index is 698. The first-order valence-corrected chi connectivity index (χ1v) is 10.4. The first-order valence-electron chi connectivity index (χ1n) is 10.4. The molecule has 150 valence electrons. The number of nitrogens with one attached hydrogen (secondary N) is 1. The standard InChI is InChI=1S/C24H30N2O.ClH/c25-23-19-12-7-13-20(23)15-21(14-19)24(27)26-16-22(17-8-3-1-4-9-17)18-10-5-2-6-11-18;/h1-6,8-11,19-23H,7,12-16,25H2,(H,26,27);1H. The molecule has 0 aliphatic heterocycles. The molecule has 0 radical (unpaired) electrons. The molecule has 3 nitrogen and oxygen atoms in total. The maximum absolute atomic E-state index is 13.0. The lowest BCUT2D eigenvalue weighted by Gasteiger charge is -2.43. The molecule has 28 heavy (non-hydrogen) atoms. The molecule has 2 atom stereocenters. The summed E-state index contributed by atoms with van der Waals surface area (Å²) in [7, 11) is 0. The molecule has 4 rings (SSSR count). The van der Waals surface area contributed by atoms with Gasteiger partial charge >= 0.3 is 0 Å². The van der Waals surface area contributed by atoms with Crippen molar-refractivity contribution in [1.29, 1.82) is 0 Å². The molecule has 2 saturated carbocycles. The summed E-state index contributed by atoms with van der Waals surface area (Å²) in [6.45, 7) is 0.644. The molecule has 3 N–H and O–H groups in total. The van der Waals surface area contributed by atoms with E-state index in [1.165, 1.54) is 30.4 Å². The second kappa shape index (κ2) is 9.58. The van der Waals surface area contributed by atoms with E-state index in [1.807, 2.05) is 12.1 Å². The lowest BCUT2D eigenvalue weighted by Crippen LogP contribution is -2.49. The van der Waals surface area contributed by atoms with Gasteiger partial charge in [-0.1, -0.05) is 67.1 Å². The third-order valence-corrected chi connectivity index (χ3v) is 6.67. The Balaban J connectivity index is 0.00000225. The van der Waals surface area contributed by atoms with E-state index >= 15 is 0 Å². The van der Waals surface area contributed by atoms with Crippen LogP contribution in [0.3, 0.4) is 0 Å². The average Bonchev–Trinajstić information content (AvgIpc) is 2.69. The predicted octanol–water partition coefficient (Wildman–Crippen LogP) is 4.51. The Hall–Kier alpha value is -1.84. The summed E-state index contributed by atoms with van der Waals surface area (Å²) in [5.74, 6) is 1.60. The van der Waals surface area contributed by atoms with Crippen LogP contribution in [0.4, 0.5) is 0 Å².